The molecule has 1 unspecified atom stereocenters. The van der Waals surface area contributed by atoms with Crippen molar-refractivity contribution in [2.75, 3.05) is 5.32 Å². The summed E-state index contributed by atoms with van der Waals surface area (Å²) in [4.78, 5) is 4.06. The maximum atomic E-state index is 8.90. The molecule has 0 aliphatic rings. The monoisotopic (exact) mass is 335 g/mol. The van der Waals surface area contributed by atoms with E-state index in [4.69, 9.17) is 16.9 Å². The summed E-state index contributed by atoms with van der Waals surface area (Å²) in [5, 5.41) is 12.7. The molecule has 0 radical (unpaired) electrons. The van der Waals surface area contributed by atoms with Crippen molar-refractivity contribution >= 4 is 33.2 Å². The van der Waals surface area contributed by atoms with Gasteiger partial charge in [-0.2, -0.15) is 5.26 Å². The van der Waals surface area contributed by atoms with Gasteiger partial charge >= 0.3 is 0 Å². The number of benzene rings is 1. The van der Waals surface area contributed by atoms with Crippen LogP contribution in [0.1, 0.15) is 24.1 Å². The minimum absolute atomic E-state index is 0.0724. The van der Waals surface area contributed by atoms with E-state index in [1.807, 2.05) is 31.2 Å². The Bertz CT molecular complexity index is 637. The summed E-state index contributed by atoms with van der Waals surface area (Å²) >= 11 is 9.19. The number of halogens is 2. The molecule has 19 heavy (non-hydrogen) atoms. The predicted molar refractivity (Wildman–Crippen MR) is 80.1 cm³/mol. The fourth-order valence-corrected chi connectivity index (χ4v) is 2.16. The number of pyridine rings is 1. The second-order valence-corrected chi connectivity index (χ2v) is 5.31. The summed E-state index contributed by atoms with van der Waals surface area (Å²) in [6.07, 6.45) is 1.68. The maximum Gasteiger partial charge on any atom is 0.143 e. The summed E-state index contributed by atoms with van der Waals surface area (Å²) in [5.41, 5.74) is 2.57. The number of nitrogens with one attached hydrogen (secondary N) is 1. The summed E-state index contributed by atoms with van der Waals surface area (Å²) in [5.74, 6) is 0. The van der Waals surface area contributed by atoms with Crippen LogP contribution in [0.4, 0.5) is 5.69 Å². The van der Waals surface area contributed by atoms with Crippen molar-refractivity contribution in [3.63, 3.8) is 0 Å². The molecule has 0 fully saturated rings. The molecule has 0 aliphatic carbocycles. The van der Waals surface area contributed by atoms with Gasteiger partial charge in [-0.1, -0.05) is 23.7 Å². The van der Waals surface area contributed by atoms with E-state index in [0.29, 0.717) is 10.7 Å². The lowest BCUT2D eigenvalue weighted by molar-refractivity contribution is 0.882. The largest absolute Gasteiger partial charge is 0.377 e. The number of hydrogen-bond donors (Lipinski definition) is 1. The molecule has 0 aliphatic heterocycles. The van der Waals surface area contributed by atoms with E-state index in [-0.39, 0.29) is 6.04 Å². The molecular formula is C14H11BrClN3. The van der Waals surface area contributed by atoms with Crippen molar-refractivity contribution in [3.05, 3.63) is 57.3 Å². The second kappa shape index (κ2) is 6.05. The van der Waals surface area contributed by atoms with Gasteiger partial charge in [0.15, 0.2) is 0 Å². The minimum Gasteiger partial charge on any atom is -0.377 e. The van der Waals surface area contributed by atoms with Gasteiger partial charge in [0, 0.05) is 6.04 Å². The third kappa shape index (κ3) is 3.46. The lowest BCUT2D eigenvalue weighted by Crippen LogP contribution is -2.07. The molecule has 2 aromatic rings. The normalized spacial score (nSPS) is 11.7. The molecule has 1 heterocycles. The zero-order chi connectivity index (χ0) is 13.8. The van der Waals surface area contributed by atoms with E-state index in [0.717, 1.165) is 15.7 Å². The first-order valence-electron chi connectivity index (χ1n) is 5.68. The molecule has 1 aromatic carbocycles. The highest BCUT2D eigenvalue weighted by molar-refractivity contribution is 9.10. The van der Waals surface area contributed by atoms with Crippen molar-refractivity contribution in [2.45, 2.75) is 13.0 Å². The molecule has 3 nitrogen and oxygen atoms in total. The number of rotatable bonds is 3. The fraction of sp³-hybridized carbons (Fsp3) is 0.143. The van der Waals surface area contributed by atoms with Crippen LogP contribution >= 0.6 is 27.5 Å². The Morgan fingerprint density at radius 1 is 1.42 bits per heavy atom. The van der Waals surface area contributed by atoms with Gasteiger partial charge in [0.05, 0.1) is 28.0 Å². The molecular weight excluding hydrogens is 326 g/mol. The van der Waals surface area contributed by atoms with Crippen LogP contribution in [-0.4, -0.2) is 4.98 Å². The van der Waals surface area contributed by atoms with Gasteiger partial charge in [-0.15, -0.1) is 0 Å². The highest BCUT2D eigenvalue weighted by atomic mass is 79.9. The number of aromatic nitrogens is 1. The van der Waals surface area contributed by atoms with Crippen molar-refractivity contribution in [2.24, 2.45) is 0 Å². The van der Waals surface area contributed by atoms with Crippen molar-refractivity contribution < 1.29 is 0 Å². The number of anilines is 1. The molecule has 5 heteroatoms. The maximum absolute atomic E-state index is 8.90. The van der Waals surface area contributed by atoms with Crippen LogP contribution in [0, 0.1) is 11.3 Å². The number of hydrogen-bond acceptors (Lipinski definition) is 3. The topological polar surface area (TPSA) is 48.7 Å². The van der Waals surface area contributed by atoms with Gasteiger partial charge in [0.25, 0.3) is 0 Å². The first kappa shape index (κ1) is 13.9. The van der Waals surface area contributed by atoms with E-state index >= 15 is 0 Å². The summed E-state index contributed by atoms with van der Waals surface area (Å²) in [6, 6.07) is 11.6. The summed E-state index contributed by atoms with van der Waals surface area (Å²) in [6.45, 7) is 2.03. The molecule has 1 N–H and O–H groups in total. The average Bonchev–Trinajstić information content (AvgIpc) is 2.43. The molecule has 0 amide bonds. The fourth-order valence-electron chi connectivity index (χ4n) is 1.71. The van der Waals surface area contributed by atoms with E-state index in [9.17, 15) is 0 Å². The predicted octanol–water partition coefficient (Wildman–Crippen LogP) is 4.54. The van der Waals surface area contributed by atoms with Crippen LogP contribution in [0.25, 0.3) is 0 Å². The van der Waals surface area contributed by atoms with Gasteiger partial charge in [-0.3, -0.25) is 0 Å². The Hall–Kier alpha value is -1.57. The van der Waals surface area contributed by atoms with Crippen molar-refractivity contribution in [1.82, 2.24) is 4.98 Å². The zero-order valence-electron chi connectivity index (χ0n) is 10.2. The Balaban J connectivity index is 2.18. The molecule has 96 valence electrons. The van der Waals surface area contributed by atoms with Gasteiger partial charge in [0.2, 0.25) is 0 Å². The molecule has 0 saturated carbocycles. The summed E-state index contributed by atoms with van der Waals surface area (Å²) in [7, 11) is 0. The average molecular weight is 337 g/mol. The lowest BCUT2D eigenvalue weighted by atomic mass is 10.1. The van der Waals surface area contributed by atoms with Gasteiger partial charge in [0.1, 0.15) is 5.15 Å². The number of nitrogens with zero attached hydrogens (tertiary/aromatic N) is 2. The SMILES string of the molecule is CC(Nc1cnc(Cl)c(Br)c1)c1cccc(C#N)c1. The van der Waals surface area contributed by atoms with E-state index in [2.05, 4.69) is 32.3 Å². The van der Waals surface area contributed by atoms with Crippen LogP contribution in [0.2, 0.25) is 5.15 Å². The Morgan fingerprint density at radius 2 is 2.21 bits per heavy atom. The molecule has 2 rings (SSSR count). The minimum atomic E-state index is 0.0724. The van der Waals surface area contributed by atoms with Crippen molar-refractivity contribution in [3.8, 4) is 6.07 Å². The highest BCUT2D eigenvalue weighted by Crippen LogP contribution is 2.25. The van der Waals surface area contributed by atoms with Crippen LogP contribution in [0.3, 0.4) is 0 Å². The third-order valence-corrected chi connectivity index (χ3v) is 3.83. The Morgan fingerprint density at radius 3 is 2.89 bits per heavy atom. The molecule has 0 spiro atoms. The van der Waals surface area contributed by atoms with E-state index in [1.165, 1.54) is 0 Å². The Kier molecular flexibility index (Phi) is 4.41. The summed E-state index contributed by atoms with van der Waals surface area (Å²) < 4.78 is 0.747. The van der Waals surface area contributed by atoms with Gasteiger partial charge < -0.3 is 5.32 Å². The van der Waals surface area contributed by atoms with Crippen LogP contribution in [-0.2, 0) is 0 Å². The third-order valence-electron chi connectivity index (χ3n) is 2.70. The quantitative estimate of drug-likeness (QED) is 0.837. The standard InChI is InChI=1S/C14H11BrClN3/c1-9(11-4-2-3-10(5-11)7-17)19-12-6-13(15)14(16)18-8-12/h2-6,8-9,19H,1H3. The van der Waals surface area contributed by atoms with E-state index < -0.39 is 0 Å². The molecule has 0 bridgehead atoms. The second-order valence-electron chi connectivity index (χ2n) is 4.10. The zero-order valence-corrected chi connectivity index (χ0v) is 12.5. The Labute approximate surface area is 125 Å². The number of nitriles is 1. The highest BCUT2D eigenvalue weighted by Gasteiger charge is 2.07. The lowest BCUT2D eigenvalue weighted by Gasteiger charge is -2.16. The van der Waals surface area contributed by atoms with Gasteiger partial charge in [-0.25, -0.2) is 4.98 Å². The molecule has 1 aromatic heterocycles. The van der Waals surface area contributed by atoms with Crippen LogP contribution in [0.5, 0.6) is 0 Å². The van der Waals surface area contributed by atoms with Crippen LogP contribution < -0.4 is 5.32 Å². The van der Waals surface area contributed by atoms with Crippen molar-refractivity contribution in [1.29, 1.82) is 5.26 Å². The van der Waals surface area contributed by atoms with Crippen LogP contribution in [0.15, 0.2) is 41.0 Å². The first-order valence-corrected chi connectivity index (χ1v) is 6.85. The molecule has 1 atom stereocenters. The van der Waals surface area contributed by atoms with E-state index in [1.54, 1.807) is 12.3 Å². The smallest absolute Gasteiger partial charge is 0.143 e. The molecule has 0 saturated heterocycles. The first-order chi connectivity index (χ1) is 9.10. The van der Waals surface area contributed by atoms with Gasteiger partial charge in [-0.05, 0) is 46.6 Å².